The van der Waals surface area contributed by atoms with Crippen molar-refractivity contribution < 1.29 is 14.0 Å². The van der Waals surface area contributed by atoms with Crippen molar-refractivity contribution in [2.24, 2.45) is 0 Å². The third kappa shape index (κ3) is 4.22. The van der Waals surface area contributed by atoms with Gasteiger partial charge < -0.3 is 10.6 Å². The fraction of sp³-hybridized carbons (Fsp3) is 0.0455. The molecule has 0 radical (unpaired) electrons. The van der Waals surface area contributed by atoms with Crippen LogP contribution in [0.3, 0.4) is 0 Å². The van der Waals surface area contributed by atoms with Crippen LogP contribution in [0.4, 0.5) is 15.8 Å². The maximum atomic E-state index is 13.4. The zero-order valence-corrected chi connectivity index (χ0v) is 15.0. The minimum Gasteiger partial charge on any atom is -0.322 e. The van der Waals surface area contributed by atoms with Crippen molar-refractivity contribution in [3.05, 3.63) is 94.8 Å². The van der Waals surface area contributed by atoms with Crippen LogP contribution in [0.15, 0.2) is 66.7 Å². The van der Waals surface area contributed by atoms with Crippen molar-refractivity contribution in [2.45, 2.75) is 6.92 Å². The predicted molar refractivity (Wildman–Crippen MR) is 105 cm³/mol. The highest BCUT2D eigenvalue weighted by Gasteiger charge is 2.12. The Morgan fingerprint density at radius 3 is 2.32 bits per heavy atom. The SMILES string of the molecule is Cc1ccc(C(=O)Nc2ccc(F)c(C#N)c2)cc1NC(=O)c1ccccc1. The Balaban J connectivity index is 1.80. The number of hydrogen-bond acceptors (Lipinski definition) is 3. The number of aryl methyl sites for hydroxylation is 1. The van der Waals surface area contributed by atoms with Crippen LogP contribution in [0, 0.1) is 24.1 Å². The number of benzene rings is 3. The first-order chi connectivity index (χ1) is 13.5. The quantitative estimate of drug-likeness (QED) is 0.706. The van der Waals surface area contributed by atoms with Crippen molar-refractivity contribution in [3.8, 4) is 6.07 Å². The van der Waals surface area contributed by atoms with Crippen LogP contribution in [0.25, 0.3) is 0 Å². The zero-order chi connectivity index (χ0) is 20.1. The Bertz CT molecular complexity index is 1090. The monoisotopic (exact) mass is 373 g/mol. The van der Waals surface area contributed by atoms with Crippen LogP contribution >= 0.6 is 0 Å². The maximum Gasteiger partial charge on any atom is 0.255 e. The molecule has 0 aliphatic heterocycles. The minimum absolute atomic E-state index is 0.155. The molecule has 3 aromatic rings. The van der Waals surface area contributed by atoms with Crippen LogP contribution < -0.4 is 10.6 Å². The molecule has 2 amide bonds. The standard InChI is InChI=1S/C22H16FN3O2/c1-14-7-8-16(12-20(14)26-21(27)15-5-3-2-4-6-15)22(28)25-18-9-10-19(23)17(11-18)13-24/h2-12H,1H3,(H,25,28)(H,26,27). The second kappa shape index (κ2) is 8.14. The van der Waals surface area contributed by atoms with E-state index < -0.39 is 11.7 Å². The molecule has 28 heavy (non-hydrogen) atoms. The van der Waals surface area contributed by atoms with E-state index in [0.717, 1.165) is 11.6 Å². The van der Waals surface area contributed by atoms with Crippen LogP contribution in [0.1, 0.15) is 31.8 Å². The third-order valence-electron chi connectivity index (χ3n) is 4.13. The lowest BCUT2D eigenvalue weighted by Crippen LogP contribution is -2.15. The summed E-state index contributed by atoms with van der Waals surface area (Å²) in [6.07, 6.45) is 0. The summed E-state index contributed by atoms with van der Waals surface area (Å²) in [5, 5.41) is 14.3. The van der Waals surface area contributed by atoms with E-state index in [-0.39, 0.29) is 11.5 Å². The van der Waals surface area contributed by atoms with Crippen LogP contribution in [0.5, 0.6) is 0 Å². The first-order valence-electron chi connectivity index (χ1n) is 8.46. The Kier molecular flexibility index (Phi) is 5.47. The number of carbonyl (C=O) groups is 2. The summed E-state index contributed by atoms with van der Waals surface area (Å²) in [6.45, 7) is 1.82. The summed E-state index contributed by atoms with van der Waals surface area (Å²) in [5.74, 6) is -1.37. The molecule has 0 heterocycles. The number of rotatable bonds is 4. The molecule has 0 unspecified atom stereocenters. The van der Waals surface area contributed by atoms with Gasteiger partial charge in [-0.3, -0.25) is 9.59 Å². The van der Waals surface area contributed by atoms with E-state index in [1.54, 1.807) is 48.5 Å². The predicted octanol–water partition coefficient (Wildman–Crippen LogP) is 4.51. The molecule has 0 spiro atoms. The highest BCUT2D eigenvalue weighted by Crippen LogP contribution is 2.20. The smallest absolute Gasteiger partial charge is 0.255 e. The van der Waals surface area contributed by atoms with Gasteiger partial charge in [-0.2, -0.15) is 5.26 Å². The van der Waals surface area contributed by atoms with E-state index in [0.29, 0.717) is 22.5 Å². The molecule has 0 aromatic heterocycles. The number of nitrogens with zero attached hydrogens (tertiary/aromatic N) is 1. The first-order valence-corrected chi connectivity index (χ1v) is 8.46. The lowest BCUT2D eigenvalue weighted by atomic mass is 10.1. The zero-order valence-electron chi connectivity index (χ0n) is 15.0. The number of nitrogens with one attached hydrogen (secondary N) is 2. The molecule has 2 N–H and O–H groups in total. The van der Waals surface area contributed by atoms with E-state index in [2.05, 4.69) is 10.6 Å². The number of anilines is 2. The molecule has 0 fully saturated rings. The molecule has 5 nitrogen and oxygen atoms in total. The minimum atomic E-state index is -0.651. The largest absolute Gasteiger partial charge is 0.322 e. The van der Waals surface area contributed by atoms with Crippen molar-refractivity contribution in [1.29, 1.82) is 5.26 Å². The topological polar surface area (TPSA) is 82.0 Å². The average molecular weight is 373 g/mol. The summed E-state index contributed by atoms with van der Waals surface area (Å²) < 4.78 is 13.4. The lowest BCUT2D eigenvalue weighted by molar-refractivity contribution is 0.101. The van der Waals surface area contributed by atoms with Crippen molar-refractivity contribution in [3.63, 3.8) is 0 Å². The van der Waals surface area contributed by atoms with Crippen molar-refractivity contribution in [1.82, 2.24) is 0 Å². The van der Waals surface area contributed by atoms with Gasteiger partial charge in [-0.25, -0.2) is 4.39 Å². The number of halogens is 1. The molecule has 0 aliphatic carbocycles. The number of carbonyl (C=O) groups excluding carboxylic acids is 2. The van der Waals surface area contributed by atoms with Crippen molar-refractivity contribution in [2.75, 3.05) is 10.6 Å². The molecule has 0 atom stereocenters. The Morgan fingerprint density at radius 2 is 1.61 bits per heavy atom. The molecule has 0 bridgehead atoms. The molecule has 0 aliphatic rings. The number of amides is 2. The Labute approximate surface area is 161 Å². The van der Waals surface area contributed by atoms with E-state index >= 15 is 0 Å². The van der Waals surface area contributed by atoms with E-state index in [4.69, 9.17) is 5.26 Å². The van der Waals surface area contributed by atoms with Gasteiger partial charge in [0.05, 0.1) is 5.56 Å². The molecule has 3 aromatic carbocycles. The van der Waals surface area contributed by atoms with E-state index in [1.807, 2.05) is 13.0 Å². The summed E-state index contributed by atoms with van der Waals surface area (Å²) in [7, 11) is 0. The summed E-state index contributed by atoms with van der Waals surface area (Å²) in [5.41, 5.74) is 2.28. The number of hydrogen-bond donors (Lipinski definition) is 2. The van der Waals surface area contributed by atoms with Crippen molar-refractivity contribution >= 4 is 23.2 Å². The average Bonchev–Trinajstić information content (AvgIpc) is 2.71. The fourth-order valence-electron chi connectivity index (χ4n) is 2.57. The molecular weight excluding hydrogens is 357 g/mol. The fourth-order valence-corrected chi connectivity index (χ4v) is 2.57. The van der Waals surface area contributed by atoms with E-state index in [9.17, 15) is 14.0 Å². The summed E-state index contributed by atoms with van der Waals surface area (Å²) in [4.78, 5) is 24.9. The highest BCUT2D eigenvalue weighted by atomic mass is 19.1. The first kappa shape index (κ1) is 18.8. The molecule has 0 saturated heterocycles. The van der Waals surface area contributed by atoms with Crippen LogP contribution in [0.2, 0.25) is 0 Å². The summed E-state index contributed by atoms with van der Waals surface area (Å²) in [6, 6.07) is 19.2. The Morgan fingerprint density at radius 1 is 0.893 bits per heavy atom. The summed E-state index contributed by atoms with van der Waals surface area (Å²) >= 11 is 0. The normalized spacial score (nSPS) is 10.0. The second-order valence-electron chi connectivity index (χ2n) is 6.11. The Hall–Kier alpha value is -3.98. The molecule has 3 rings (SSSR count). The third-order valence-corrected chi connectivity index (χ3v) is 4.13. The maximum absolute atomic E-state index is 13.4. The molecule has 6 heteroatoms. The lowest BCUT2D eigenvalue weighted by Gasteiger charge is -2.11. The van der Waals surface area contributed by atoms with Gasteiger partial charge in [0.1, 0.15) is 11.9 Å². The van der Waals surface area contributed by atoms with Gasteiger partial charge in [0.25, 0.3) is 11.8 Å². The molecular formula is C22H16FN3O2. The van der Waals surface area contributed by atoms with Gasteiger partial charge >= 0.3 is 0 Å². The van der Waals surface area contributed by atoms with Gasteiger partial charge in [0, 0.05) is 22.5 Å². The van der Waals surface area contributed by atoms with Crippen LogP contribution in [-0.2, 0) is 0 Å². The molecule has 138 valence electrons. The second-order valence-corrected chi connectivity index (χ2v) is 6.11. The van der Waals surface area contributed by atoms with Gasteiger partial charge in [0.2, 0.25) is 0 Å². The van der Waals surface area contributed by atoms with Gasteiger partial charge in [-0.1, -0.05) is 24.3 Å². The van der Waals surface area contributed by atoms with Gasteiger partial charge in [0.15, 0.2) is 0 Å². The van der Waals surface area contributed by atoms with Gasteiger partial charge in [-0.15, -0.1) is 0 Å². The van der Waals surface area contributed by atoms with E-state index in [1.165, 1.54) is 12.1 Å². The molecule has 0 saturated carbocycles. The van der Waals surface area contributed by atoms with Crippen LogP contribution in [-0.4, -0.2) is 11.8 Å². The number of nitriles is 1. The highest BCUT2D eigenvalue weighted by molar-refractivity contribution is 6.07. The van der Waals surface area contributed by atoms with Gasteiger partial charge in [-0.05, 0) is 55.0 Å².